The van der Waals surface area contributed by atoms with E-state index in [-0.39, 0.29) is 41.5 Å². The number of alkyl halides is 6. The number of rotatable bonds is 8. The van der Waals surface area contributed by atoms with Gasteiger partial charge in [-0.05, 0) is 60.0 Å². The highest BCUT2D eigenvalue weighted by atomic mass is 35.5. The van der Waals surface area contributed by atoms with Gasteiger partial charge in [0.2, 0.25) is 0 Å². The molecular weight excluding hydrogens is 632 g/mol. The van der Waals surface area contributed by atoms with E-state index < -0.39 is 48.3 Å². The number of nitrogens with zero attached hydrogens (tertiary/aromatic N) is 2. The molecule has 1 aliphatic rings. The van der Waals surface area contributed by atoms with Gasteiger partial charge in [-0.25, -0.2) is 0 Å². The standard InChI is InChI=1S/C30H26ClF6N3O5/c1-17-3-5-19(29(32,33)34)12-22(17)18-4-7-25(38-2)23(11-18)28(43)40-10-9-39(14-20(40)15-41)27(42)16-44-26-8-6-21(13-24(26)31)45-30(35,36)37/h3-8,11-13,15,20,38H,9-10,14,16H2,1-2H3. The first-order valence-corrected chi connectivity index (χ1v) is 13.7. The number of hydrogen-bond donors (Lipinski definition) is 1. The van der Waals surface area contributed by atoms with Gasteiger partial charge in [0.25, 0.3) is 11.8 Å². The number of aldehydes is 1. The number of piperazine rings is 1. The fraction of sp³-hybridized carbons (Fsp3) is 0.300. The molecule has 0 aliphatic carbocycles. The van der Waals surface area contributed by atoms with Gasteiger partial charge in [-0.2, -0.15) is 13.2 Å². The van der Waals surface area contributed by atoms with Crippen LogP contribution in [0.15, 0.2) is 54.6 Å². The molecule has 240 valence electrons. The Labute approximate surface area is 258 Å². The van der Waals surface area contributed by atoms with Crippen molar-refractivity contribution in [2.75, 3.05) is 38.6 Å². The summed E-state index contributed by atoms with van der Waals surface area (Å²) in [6.45, 7) is 0.891. The first-order chi connectivity index (χ1) is 21.1. The molecule has 0 spiro atoms. The van der Waals surface area contributed by atoms with Gasteiger partial charge in [0.05, 0.1) is 16.1 Å². The van der Waals surface area contributed by atoms with E-state index in [9.17, 15) is 40.7 Å². The number of ether oxygens (including phenoxy) is 2. The second-order valence-corrected chi connectivity index (χ2v) is 10.4. The molecule has 0 radical (unpaired) electrons. The van der Waals surface area contributed by atoms with Crippen molar-refractivity contribution < 1.29 is 50.2 Å². The number of aryl methyl sites for hydroxylation is 1. The first-order valence-electron chi connectivity index (χ1n) is 13.3. The van der Waals surface area contributed by atoms with Gasteiger partial charge in [-0.15, -0.1) is 13.2 Å². The average Bonchev–Trinajstić information content (AvgIpc) is 2.98. The maximum Gasteiger partial charge on any atom is 0.573 e. The van der Waals surface area contributed by atoms with Crippen LogP contribution in [0.4, 0.5) is 32.0 Å². The lowest BCUT2D eigenvalue weighted by atomic mass is 9.95. The summed E-state index contributed by atoms with van der Waals surface area (Å²) in [5.74, 6) is -1.79. The van der Waals surface area contributed by atoms with E-state index in [1.54, 1.807) is 26.1 Å². The summed E-state index contributed by atoms with van der Waals surface area (Å²) in [6.07, 6.45) is -8.97. The molecule has 1 fully saturated rings. The molecule has 45 heavy (non-hydrogen) atoms. The first kappa shape index (κ1) is 33.4. The van der Waals surface area contributed by atoms with Crippen molar-refractivity contribution in [3.05, 3.63) is 76.3 Å². The van der Waals surface area contributed by atoms with Gasteiger partial charge in [-0.1, -0.05) is 23.7 Å². The van der Waals surface area contributed by atoms with E-state index in [0.29, 0.717) is 23.1 Å². The predicted molar refractivity (Wildman–Crippen MR) is 152 cm³/mol. The largest absolute Gasteiger partial charge is 0.573 e. The van der Waals surface area contributed by atoms with E-state index in [1.165, 1.54) is 21.9 Å². The lowest BCUT2D eigenvalue weighted by Gasteiger charge is -2.39. The summed E-state index contributed by atoms with van der Waals surface area (Å²) in [7, 11) is 1.57. The van der Waals surface area contributed by atoms with Crippen molar-refractivity contribution in [3.8, 4) is 22.6 Å². The van der Waals surface area contributed by atoms with Crippen molar-refractivity contribution >= 4 is 35.4 Å². The summed E-state index contributed by atoms with van der Waals surface area (Å²) < 4.78 is 86.6. The van der Waals surface area contributed by atoms with E-state index in [4.69, 9.17) is 16.3 Å². The number of amides is 2. The van der Waals surface area contributed by atoms with Gasteiger partial charge in [0.1, 0.15) is 23.8 Å². The number of carbonyl (C=O) groups is 3. The summed E-state index contributed by atoms with van der Waals surface area (Å²) in [5, 5.41) is 2.66. The zero-order valence-electron chi connectivity index (χ0n) is 23.8. The van der Waals surface area contributed by atoms with Gasteiger partial charge < -0.3 is 29.4 Å². The maximum atomic E-state index is 13.7. The fourth-order valence-corrected chi connectivity index (χ4v) is 5.03. The second-order valence-electron chi connectivity index (χ2n) is 10.0. The molecule has 0 saturated carbocycles. The van der Waals surface area contributed by atoms with Crippen LogP contribution >= 0.6 is 11.6 Å². The lowest BCUT2D eigenvalue weighted by molar-refractivity contribution is -0.274. The Kier molecular flexibility index (Phi) is 9.86. The molecule has 0 aromatic heterocycles. The van der Waals surface area contributed by atoms with Crippen LogP contribution in [0.25, 0.3) is 11.1 Å². The Morgan fingerprint density at radius 3 is 2.38 bits per heavy atom. The maximum absolute atomic E-state index is 13.7. The predicted octanol–water partition coefficient (Wildman–Crippen LogP) is 6.21. The Hall–Kier alpha value is -4.46. The van der Waals surface area contributed by atoms with Crippen LogP contribution in [0.3, 0.4) is 0 Å². The van der Waals surface area contributed by atoms with Crippen LogP contribution in [-0.4, -0.2) is 73.6 Å². The van der Waals surface area contributed by atoms with Crippen molar-refractivity contribution in [1.29, 1.82) is 0 Å². The Morgan fingerprint density at radius 1 is 1.02 bits per heavy atom. The Balaban J connectivity index is 1.48. The molecule has 1 unspecified atom stereocenters. The third kappa shape index (κ3) is 7.98. The summed E-state index contributed by atoms with van der Waals surface area (Å²) in [6, 6.07) is 9.83. The fourth-order valence-electron chi connectivity index (χ4n) is 4.80. The Bertz CT molecular complexity index is 1600. The highest BCUT2D eigenvalue weighted by Crippen LogP contribution is 2.36. The van der Waals surface area contributed by atoms with Gasteiger partial charge in [-0.3, -0.25) is 9.59 Å². The molecule has 3 aromatic carbocycles. The number of benzene rings is 3. The molecule has 1 atom stereocenters. The highest BCUT2D eigenvalue weighted by Gasteiger charge is 2.35. The van der Waals surface area contributed by atoms with Crippen LogP contribution in [0.1, 0.15) is 21.5 Å². The van der Waals surface area contributed by atoms with Crippen molar-refractivity contribution in [3.63, 3.8) is 0 Å². The van der Waals surface area contributed by atoms with Crippen molar-refractivity contribution in [2.24, 2.45) is 0 Å². The minimum absolute atomic E-state index is 0.0195. The third-order valence-electron chi connectivity index (χ3n) is 7.07. The van der Waals surface area contributed by atoms with E-state index in [0.717, 1.165) is 30.3 Å². The van der Waals surface area contributed by atoms with E-state index in [2.05, 4.69) is 10.1 Å². The molecule has 3 aromatic rings. The number of halogens is 7. The molecule has 0 bridgehead atoms. The third-order valence-corrected chi connectivity index (χ3v) is 7.37. The molecular formula is C30H26ClF6N3O5. The summed E-state index contributed by atoms with van der Waals surface area (Å²) >= 11 is 5.95. The van der Waals surface area contributed by atoms with Gasteiger partial charge in [0.15, 0.2) is 6.61 Å². The van der Waals surface area contributed by atoms with Crippen molar-refractivity contribution in [2.45, 2.75) is 25.5 Å². The van der Waals surface area contributed by atoms with Crippen LogP contribution in [0.2, 0.25) is 5.02 Å². The molecule has 1 aliphatic heterocycles. The quantitative estimate of drug-likeness (QED) is 0.229. The van der Waals surface area contributed by atoms with Crippen LogP contribution in [0.5, 0.6) is 11.5 Å². The molecule has 15 heteroatoms. The molecule has 1 saturated heterocycles. The van der Waals surface area contributed by atoms with Crippen molar-refractivity contribution in [1.82, 2.24) is 9.80 Å². The van der Waals surface area contributed by atoms with E-state index in [1.807, 2.05) is 0 Å². The van der Waals surface area contributed by atoms with Gasteiger partial charge in [0, 0.05) is 38.4 Å². The lowest BCUT2D eigenvalue weighted by Crippen LogP contribution is -2.58. The molecule has 1 N–H and O–H groups in total. The molecule has 8 nitrogen and oxygen atoms in total. The SMILES string of the molecule is CNc1ccc(-c2cc(C(F)(F)F)ccc2C)cc1C(=O)N1CCN(C(=O)COc2ccc(OC(F)(F)F)cc2Cl)CC1C=O. The number of nitrogens with one attached hydrogen (secondary N) is 1. The second kappa shape index (κ2) is 13.3. The number of carbonyl (C=O) groups excluding carboxylic acids is 3. The minimum atomic E-state index is -4.92. The van der Waals surface area contributed by atoms with Gasteiger partial charge >= 0.3 is 12.5 Å². The topological polar surface area (TPSA) is 88.2 Å². The number of anilines is 1. The Morgan fingerprint density at radius 2 is 1.76 bits per heavy atom. The number of hydrogen-bond acceptors (Lipinski definition) is 6. The summed E-state index contributed by atoms with van der Waals surface area (Å²) in [4.78, 5) is 41.2. The molecule has 2 amide bonds. The minimum Gasteiger partial charge on any atom is -0.482 e. The van der Waals surface area contributed by atoms with Crippen LogP contribution in [0, 0.1) is 6.92 Å². The smallest absolute Gasteiger partial charge is 0.482 e. The zero-order chi connectivity index (χ0) is 33.1. The summed E-state index contributed by atoms with van der Waals surface area (Å²) in [5.41, 5.74) is 0.875. The van der Waals surface area contributed by atoms with Crippen LogP contribution < -0.4 is 14.8 Å². The normalized spacial score (nSPS) is 15.4. The average molecular weight is 658 g/mol. The van der Waals surface area contributed by atoms with Crippen LogP contribution in [-0.2, 0) is 15.8 Å². The highest BCUT2D eigenvalue weighted by molar-refractivity contribution is 6.32. The molecule has 4 rings (SSSR count). The van der Waals surface area contributed by atoms with E-state index >= 15 is 0 Å². The monoisotopic (exact) mass is 657 g/mol. The molecule has 1 heterocycles. The zero-order valence-corrected chi connectivity index (χ0v) is 24.5.